The predicted molar refractivity (Wildman–Crippen MR) is 196 cm³/mol. The smallest absolute Gasteiger partial charge is 0.262 e. The van der Waals surface area contributed by atoms with Crippen molar-refractivity contribution in [2.75, 3.05) is 26.7 Å². The average molecular weight is 699 g/mol. The molecular weight excluding hydrogens is 644 g/mol. The SMILES string of the molecule is CCCCc1cc(Cl)ccc1C1COc2ccc(cc2)C(=O)NS(=O)C(C)C(C)CCCC(O)C2CCC2CN(C)C1.Cn1cccn1. The first-order valence-corrected chi connectivity index (χ1v) is 19.2. The number of hydrogen-bond donors (Lipinski definition) is 2. The van der Waals surface area contributed by atoms with Gasteiger partial charge in [0.2, 0.25) is 0 Å². The molecule has 3 heterocycles. The molecule has 6 rings (SSSR count). The van der Waals surface area contributed by atoms with Gasteiger partial charge in [-0.1, -0.05) is 44.4 Å². The monoisotopic (exact) mass is 698 g/mol. The zero-order valence-electron chi connectivity index (χ0n) is 29.3. The lowest BCUT2D eigenvalue weighted by atomic mass is 9.69. The van der Waals surface area contributed by atoms with Crippen molar-refractivity contribution in [2.45, 2.75) is 89.4 Å². The summed E-state index contributed by atoms with van der Waals surface area (Å²) in [6.45, 7) is 8.48. The minimum atomic E-state index is -1.49. The molecule has 7 unspecified atom stereocenters. The minimum absolute atomic E-state index is 0.130. The fourth-order valence-electron chi connectivity index (χ4n) is 6.77. The van der Waals surface area contributed by atoms with Crippen molar-refractivity contribution in [2.24, 2.45) is 24.8 Å². The fourth-order valence-corrected chi connectivity index (χ4v) is 8.01. The van der Waals surface area contributed by atoms with E-state index >= 15 is 0 Å². The third-order valence-electron chi connectivity index (χ3n) is 10.1. The van der Waals surface area contributed by atoms with E-state index < -0.39 is 11.0 Å². The van der Waals surface area contributed by atoms with E-state index in [0.717, 1.165) is 69.5 Å². The molecule has 2 aromatic carbocycles. The van der Waals surface area contributed by atoms with E-state index in [2.05, 4.69) is 47.7 Å². The minimum Gasteiger partial charge on any atom is -0.493 e. The van der Waals surface area contributed by atoms with E-state index in [4.69, 9.17) is 16.3 Å². The maximum absolute atomic E-state index is 12.9. The molecule has 1 aliphatic carbocycles. The van der Waals surface area contributed by atoms with E-state index in [1.807, 2.05) is 44.4 Å². The second-order valence-electron chi connectivity index (χ2n) is 13.8. The largest absolute Gasteiger partial charge is 0.493 e. The highest BCUT2D eigenvalue weighted by atomic mass is 35.5. The van der Waals surface area contributed by atoms with Crippen molar-refractivity contribution in [3.8, 4) is 5.75 Å². The maximum Gasteiger partial charge on any atom is 0.262 e. The molecular formula is C38H55ClN4O4S. The van der Waals surface area contributed by atoms with Gasteiger partial charge in [0.05, 0.1) is 18.0 Å². The first-order valence-electron chi connectivity index (χ1n) is 17.6. The van der Waals surface area contributed by atoms with Gasteiger partial charge in [0, 0.05) is 49.0 Å². The lowest BCUT2D eigenvalue weighted by Crippen LogP contribution is -2.43. The summed E-state index contributed by atoms with van der Waals surface area (Å²) >= 11 is 6.43. The van der Waals surface area contributed by atoms with Crippen LogP contribution in [-0.4, -0.2) is 68.0 Å². The number of rotatable bonds is 4. The number of halogens is 1. The second-order valence-corrected chi connectivity index (χ2v) is 15.8. The first-order chi connectivity index (χ1) is 23.0. The molecule has 1 amide bonds. The van der Waals surface area contributed by atoms with Crippen molar-refractivity contribution in [1.29, 1.82) is 0 Å². The van der Waals surface area contributed by atoms with Crippen LogP contribution in [-0.2, 0) is 24.5 Å². The van der Waals surface area contributed by atoms with Crippen molar-refractivity contribution in [3.63, 3.8) is 0 Å². The quantitative estimate of drug-likeness (QED) is 0.300. The Morgan fingerprint density at radius 1 is 1.06 bits per heavy atom. The van der Waals surface area contributed by atoms with Crippen molar-refractivity contribution in [3.05, 3.63) is 82.6 Å². The van der Waals surface area contributed by atoms with E-state index in [-0.39, 0.29) is 29.1 Å². The zero-order chi connectivity index (χ0) is 34.6. The molecule has 264 valence electrons. The van der Waals surface area contributed by atoms with Gasteiger partial charge in [-0.25, -0.2) is 4.21 Å². The van der Waals surface area contributed by atoms with Gasteiger partial charge < -0.3 is 14.7 Å². The second kappa shape index (κ2) is 18.9. The fraction of sp³-hybridized carbons (Fsp3) is 0.579. The molecule has 3 aliphatic rings. The van der Waals surface area contributed by atoms with Crippen LogP contribution in [0.5, 0.6) is 5.75 Å². The van der Waals surface area contributed by atoms with E-state index in [0.29, 0.717) is 29.8 Å². The van der Waals surface area contributed by atoms with Gasteiger partial charge in [0.1, 0.15) is 16.7 Å². The van der Waals surface area contributed by atoms with Gasteiger partial charge in [0.15, 0.2) is 0 Å². The molecule has 2 bridgehead atoms. The Morgan fingerprint density at radius 3 is 2.46 bits per heavy atom. The van der Waals surface area contributed by atoms with Gasteiger partial charge in [-0.3, -0.25) is 14.2 Å². The van der Waals surface area contributed by atoms with E-state index in [1.54, 1.807) is 23.0 Å². The molecule has 2 N–H and O–H groups in total. The van der Waals surface area contributed by atoms with Gasteiger partial charge in [-0.15, -0.1) is 0 Å². The molecule has 7 atom stereocenters. The summed E-state index contributed by atoms with van der Waals surface area (Å²) < 4.78 is 23.7. The Labute approximate surface area is 295 Å². The van der Waals surface area contributed by atoms with Crippen LogP contribution in [0.4, 0.5) is 0 Å². The molecule has 3 aromatic rings. The predicted octanol–water partition coefficient (Wildman–Crippen LogP) is 7.19. The summed E-state index contributed by atoms with van der Waals surface area (Å²) in [7, 11) is 2.58. The number of hydrogen-bond acceptors (Lipinski definition) is 6. The van der Waals surface area contributed by atoms with Crippen LogP contribution in [0, 0.1) is 17.8 Å². The summed E-state index contributed by atoms with van der Waals surface area (Å²) in [4.78, 5) is 15.3. The van der Waals surface area contributed by atoms with Gasteiger partial charge >= 0.3 is 0 Å². The van der Waals surface area contributed by atoms with Crippen LogP contribution >= 0.6 is 11.6 Å². The van der Waals surface area contributed by atoms with Gasteiger partial charge in [-0.2, -0.15) is 5.10 Å². The Bertz CT molecular complexity index is 1440. The molecule has 10 heteroatoms. The molecule has 1 saturated carbocycles. The number of fused-ring (bicyclic) bond motifs is 15. The number of carbonyl (C=O) groups is 1. The highest BCUT2D eigenvalue weighted by Gasteiger charge is 2.37. The highest BCUT2D eigenvalue weighted by molar-refractivity contribution is 7.84. The number of aliphatic hydroxyl groups excluding tert-OH is 1. The van der Waals surface area contributed by atoms with Crippen LogP contribution in [0.2, 0.25) is 5.02 Å². The van der Waals surface area contributed by atoms with Crippen LogP contribution in [0.25, 0.3) is 0 Å². The van der Waals surface area contributed by atoms with Gasteiger partial charge in [0.25, 0.3) is 5.91 Å². The standard InChI is InChI=1S/C34H49ClN2O4S.C4H6N2/c1-5-6-9-26-19-29(35)14-18-31(26)28-21-37(4)20-27-13-17-32(27)33(38)10-7-8-23(2)24(3)42(40)36-34(39)25-11-15-30(16-12-25)41-22-28;1-6-4-2-3-5-6/h11-12,14-16,18-19,23-24,27-28,32-33,38H,5-10,13,17,20-22H2,1-4H3,(H,36,39);2-4H,1H3. The Morgan fingerprint density at radius 2 is 1.83 bits per heavy atom. The molecule has 8 nitrogen and oxygen atoms in total. The molecule has 48 heavy (non-hydrogen) atoms. The number of likely N-dealkylation sites (N-methyl/N-ethyl adjacent to an activating group) is 1. The number of aromatic nitrogens is 2. The summed E-state index contributed by atoms with van der Waals surface area (Å²) in [6, 6.07) is 15.2. The average Bonchev–Trinajstić information content (AvgIpc) is 3.54. The number of nitrogens with zero attached hydrogens (tertiary/aromatic N) is 3. The maximum atomic E-state index is 12.9. The third-order valence-corrected chi connectivity index (χ3v) is 11.9. The lowest BCUT2D eigenvalue weighted by molar-refractivity contribution is -0.00670. The number of aliphatic hydroxyl groups is 1. The van der Waals surface area contributed by atoms with Crippen molar-refractivity contribution in [1.82, 2.24) is 19.4 Å². The lowest BCUT2D eigenvalue weighted by Gasteiger charge is -2.42. The zero-order valence-corrected chi connectivity index (χ0v) is 30.9. The third kappa shape index (κ3) is 11.2. The summed E-state index contributed by atoms with van der Waals surface area (Å²) in [6.07, 6.45) is 11.3. The molecule has 0 spiro atoms. The number of benzene rings is 2. The van der Waals surface area contributed by atoms with Crippen LogP contribution < -0.4 is 9.46 Å². The number of nitrogens with one attached hydrogen (secondary N) is 1. The summed E-state index contributed by atoms with van der Waals surface area (Å²) in [5, 5.41) is 15.5. The van der Waals surface area contributed by atoms with Crippen molar-refractivity contribution >= 4 is 28.5 Å². The molecule has 0 radical (unpaired) electrons. The van der Waals surface area contributed by atoms with Crippen LogP contribution in [0.3, 0.4) is 0 Å². The number of amides is 1. The molecule has 2 aliphatic heterocycles. The summed E-state index contributed by atoms with van der Waals surface area (Å²) in [5.41, 5.74) is 3.00. The van der Waals surface area contributed by atoms with Crippen LogP contribution in [0.15, 0.2) is 60.9 Å². The van der Waals surface area contributed by atoms with E-state index in [9.17, 15) is 14.1 Å². The Balaban J connectivity index is 0.000000780. The van der Waals surface area contributed by atoms with Crippen LogP contribution in [0.1, 0.15) is 93.1 Å². The molecule has 1 aromatic heterocycles. The topological polar surface area (TPSA) is 96.7 Å². The van der Waals surface area contributed by atoms with Gasteiger partial charge in [-0.05, 0) is 124 Å². The van der Waals surface area contributed by atoms with Crippen molar-refractivity contribution < 1.29 is 18.8 Å². The summed E-state index contributed by atoms with van der Waals surface area (Å²) in [5.74, 6) is 1.45. The highest BCUT2D eigenvalue weighted by Crippen LogP contribution is 2.39. The molecule has 1 fully saturated rings. The number of carbonyl (C=O) groups excluding carboxylic acids is 1. The normalized spacial score (nSPS) is 27.6. The Hall–Kier alpha value is -2.72. The number of ether oxygens (including phenoxy) is 1. The first kappa shape index (κ1) is 38.1. The number of unbranched alkanes of at least 4 members (excludes halogenated alkanes) is 1. The Kier molecular flexibility index (Phi) is 15.0. The number of aryl methyl sites for hydroxylation is 2. The molecule has 0 saturated heterocycles. The van der Waals surface area contributed by atoms with E-state index in [1.165, 1.54) is 11.1 Å².